The van der Waals surface area contributed by atoms with Crippen molar-refractivity contribution in [2.45, 2.75) is 12.7 Å². The van der Waals surface area contributed by atoms with Gasteiger partial charge in [-0.3, -0.25) is 0 Å². The number of hydrogen-bond donors (Lipinski definition) is 1. The predicted octanol–water partition coefficient (Wildman–Crippen LogP) is 4.61. The van der Waals surface area contributed by atoms with Crippen LogP contribution >= 0.6 is 22.9 Å². The van der Waals surface area contributed by atoms with E-state index in [4.69, 9.17) is 11.6 Å². The lowest BCUT2D eigenvalue weighted by Gasteiger charge is -2.15. The van der Waals surface area contributed by atoms with E-state index in [1.165, 1.54) is 22.1 Å². The number of aromatic nitrogens is 3. The minimum atomic E-state index is -4.41. The van der Waals surface area contributed by atoms with Gasteiger partial charge in [0.05, 0.1) is 23.5 Å². The Labute approximate surface area is 138 Å². The van der Waals surface area contributed by atoms with Gasteiger partial charge in [0, 0.05) is 23.5 Å². The second-order valence-electron chi connectivity index (χ2n) is 4.61. The molecule has 4 nitrogen and oxygen atoms in total. The van der Waals surface area contributed by atoms with Crippen molar-refractivity contribution in [2.24, 2.45) is 0 Å². The highest BCUT2D eigenvalue weighted by molar-refractivity contribution is 7.15. The zero-order valence-electron chi connectivity index (χ0n) is 11.5. The maximum atomic E-state index is 12.9. The lowest BCUT2D eigenvalue weighted by atomic mass is 10.1. The van der Waals surface area contributed by atoms with E-state index in [0.29, 0.717) is 22.4 Å². The fraction of sp³-hybridized carbons (Fsp3) is 0.143. The molecule has 2 heterocycles. The summed E-state index contributed by atoms with van der Waals surface area (Å²) in [5.41, 5.74) is 0.130. The van der Waals surface area contributed by atoms with Gasteiger partial charge in [-0.2, -0.15) is 18.3 Å². The summed E-state index contributed by atoms with van der Waals surface area (Å²) in [6.45, 7) is 0.319. The Morgan fingerprint density at radius 1 is 1.30 bits per heavy atom. The molecule has 1 N–H and O–H groups in total. The average Bonchev–Trinajstić information content (AvgIpc) is 3.15. The molecule has 0 spiro atoms. The third-order valence-electron chi connectivity index (χ3n) is 3.05. The van der Waals surface area contributed by atoms with Crippen molar-refractivity contribution < 1.29 is 13.2 Å². The van der Waals surface area contributed by atoms with Crippen molar-refractivity contribution in [2.75, 3.05) is 5.32 Å². The van der Waals surface area contributed by atoms with Crippen LogP contribution in [0.4, 0.5) is 18.9 Å². The van der Waals surface area contributed by atoms with Gasteiger partial charge in [0.1, 0.15) is 0 Å². The van der Waals surface area contributed by atoms with Crippen molar-refractivity contribution in [3.63, 3.8) is 0 Å². The van der Waals surface area contributed by atoms with Gasteiger partial charge in [-0.25, -0.2) is 9.67 Å². The fourth-order valence-corrected chi connectivity index (χ4v) is 2.93. The molecule has 0 saturated heterocycles. The van der Waals surface area contributed by atoms with Crippen LogP contribution in [0.25, 0.3) is 5.69 Å². The Morgan fingerprint density at radius 2 is 2.13 bits per heavy atom. The first-order chi connectivity index (χ1) is 10.9. The Bertz CT molecular complexity index is 799. The van der Waals surface area contributed by atoms with E-state index in [0.717, 1.165) is 17.0 Å². The molecule has 3 aromatic rings. The maximum absolute atomic E-state index is 12.9. The molecule has 0 saturated carbocycles. The number of anilines is 1. The van der Waals surface area contributed by atoms with Gasteiger partial charge >= 0.3 is 6.18 Å². The van der Waals surface area contributed by atoms with Crippen LogP contribution in [0, 0.1) is 0 Å². The highest BCUT2D eigenvalue weighted by Crippen LogP contribution is 2.33. The van der Waals surface area contributed by atoms with Crippen LogP contribution in [0.3, 0.4) is 0 Å². The lowest BCUT2D eigenvalue weighted by molar-refractivity contribution is -0.137. The molecule has 0 amide bonds. The van der Waals surface area contributed by atoms with Crippen LogP contribution < -0.4 is 5.32 Å². The second-order valence-corrected chi connectivity index (χ2v) is 6.31. The van der Waals surface area contributed by atoms with Gasteiger partial charge in [0.2, 0.25) is 0 Å². The van der Waals surface area contributed by atoms with Crippen LogP contribution in [-0.2, 0) is 12.7 Å². The molecule has 0 bridgehead atoms. The van der Waals surface area contributed by atoms with Crippen LogP contribution in [-0.4, -0.2) is 14.8 Å². The number of thiazole rings is 1. The van der Waals surface area contributed by atoms with E-state index in [1.807, 2.05) is 0 Å². The third kappa shape index (κ3) is 3.65. The minimum Gasteiger partial charge on any atom is -0.378 e. The van der Waals surface area contributed by atoms with Gasteiger partial charge in [-0.15, -0.1) is 11.3 Å². The zero-order valence-corrected chi connectivity index (χ0v) is 13.1. The van der Waals surface area contributed by atoms with E-state index in [1.54, 1.807) is 24.7 Å². The summed E-state index contributed by atoms with van der Waals surface area (Å²) < 4.78 is 40.7. The molecule has 9 heteroatoms. The quantitative estimate of drug-likeness (QED) is 0.740. The molecule has 0 fully saturated rings. The van der Waals surface area contributed by atoms with Gasteiger partial charge < -0.3 is 5.32 Å². The standard InChI is InChI=1S/C14H10ClF3N4S/c15-13-20-8-10(23-13)7-19-11-6-9(14(16,17)18)2-3-12(11)22-5-1-4-21-22/h1-6,8,19H,7H2. The molecule has 120 valence electrons. The van der Waals surface area contributed by atoms with E-state index in [9.17, 15) is 13.2 Å². The predicted molar refractivity (Wildman–Crippen MR) is 83.0 cm³/mol. The topological polar surface area (TPSA) is 42.7 Å². The molecule has 0 aliphatic carbocycles. The summed E-state index contributed by atoms with van der Waals surface area (Å²) in [7, 11) is 0. The summed E-state index contributed by atoms with van der Waals surface area (Å²) in [4.78, 5) is 4.72. The number of alkyl halides is 3. The molecule has 0 unspecified atom stereocenters. The number of nitrogens with one attached hydrogen (secondary N) is 1. The molecular formula is C14H10ClF3N4S. The van der Waals surface area contributed by atoms with Crippen molar-refractivity contribution >= 4 is 28.6 Å². The number of rotatable bonds is 4. The van der Waals surface area contributed by atoms with Crippen LogP contribution in [0.5, 0.6) is 0 Å². The molecular weight excluding hydrogens is 349 g/mol. The van der Waals surface area contributed by atoms with Gasteiger partial charge in [-0.1, -0.05) is 11.6 Å². The summed E-state index contributed by atoms with van der Waals surface area (Å²) in [6.07, 6.45) is 0.399. The fourth-order valence-electron chi connectivity index (χ4n) is 2.01. The molecule has 0 radical (unpaired) electrons. The molecule has 0 atom stereocenters. The molecule has 23 heavy (non-hydrogen) atoms. The van der Waals surface area contributed by atoms with Gasteiger partial charge in [0.25, 0.3) is 0 Å². The van der Waals surface area contributed by atoms with Crippen LogP contribution in [0.2, 0.25) is 4.47 Å². The summed E-state index contributed by atoms with van der Waals surface area (Å²) in [5, 5.41) is 7.06. The van der Waals surface area contributed by atoms with E-state index >= 15 is 0 Å². The van der Waals surface area contributed by atoms with Gasteiger partial charge in [-0.05, 0) is 24.3 Å². The smallest absolute Gasteiger partial charge is 0.378 e. The Balaban J connectivity index is 1.93. The third-order valence-corrected chi connectivity index (χ3v) is 4.17. The number of benzene rings is 1. The molecule has 0 aliphatic rings. The first kappa shape index (κ1) is 15.8. The van der Waals surface area contributed by atoms with E-state index in [-0.39, 0.29) is 0 Å². The number of halogens is 4. The molecule has 3 rings (SSSR count). The minimum absolute atomic E-state index is 0.319. The van der Waals surface area contributed by atoms with Crippen molar-refractivity contribution in [1.29, 1.82) is 0 Å². The Morgan fingerprint density at radius 3 is 2.74 bits per heavy atom. The number of nitrogens with zero attached hydrogens (tertiary/aromatic N) is 3. The highest BCUT2D eigenvalue weighted by atomic mass is 35.5. The highest BCUT2D eigenvalue weighted by Gasteiger charge is 2.31. The van der Waals surface area contributed by atoms with Crippen LogP contribution in [0.15, 0.2) is 42.9 Å². The summed E-state index contributed by atoms with van der Waals surface area (Å²) in [5.74, 6) is 0. The normalized spacial score (nSPS) is 11.7. The van der Waals surface area contributed by atoms with Crippen molar-refractivity contribution in [1.82, 2.24) is 14.8 Å². The van der Waals surface area contributed by atoms with Crippen molar-refractivity contribution in [3.05, 3.63) is 57.8 Å². The summed E-state index contributed by atoms with van der Waals surface area (Å²) in [6, 6.07) is 5.19. The van der Waals surface area contributed by atoms with Crippen molar-refractivity contribution in [3.8, 4) is 5.69 Å². The maximum Gasteiger partial charge on any atom is 0.416 e. The van der Waals surface area contributed by atoms with E-state index in [2.05, 4.69) is 15.4 Å². The summed E-state index contributed by atoms with van der Waals surface area (Å²) >= 11 is 7.02. The molecule has 1 aromatic carbocycles. The van der Waals surface area contributed by atoms with E-state index < -0.39 is 11.7 Å². The Hall–Kier alpha value is -2.06. The van der Waals surface area contributed by atoms with Crippen LogP contribution in [0.1, 0.15) is 10.4 Å². The monoisotopic (exact) mass is 358 g/mol. The molecule has 2 aromatic heterocycles. The van der Waals surface area contributed by atoms with Gasteiger partial charge in [0.15, 0.2) is 4.47 Å². The average molecular weight is 359 g/mol. The lowest BCUT2D eigenvalue weighted by Crippen LogP contribution is -2.09. The first-order valence-electron chi connectivity index (χ1n) is 6.49. The second kappa shape index (κ2) is 6.21. The zero-order chi connectivity index (χ0) is 16.4. The first-order valence-corrected chi connectivity index (χ1v) is 7.68. The SMILES string of the molecule is FC(F)(F)c1ccc(-n2cccn2)c(NCc2cnc(Cl)s2)c1. The number of hydrogen-bond acceptors (Lipinski definition) is 4. The Kier molecular flexibility index (Phi) is 4.27. The molecule has 0 aliphatic heterocycles. The largest absolute Gasteiger partial charge is 0.416 e.